The molecule has 5 nitrogen and oxygen atoms in total. The van der Waals surface area contributed by atoms with Gasteiger partial charge in [0.2, 0.25) is 0 Å². The average molecular weight is 434 g/mol. The first-order chi connectivity index (χ1) is 13.5. The van der Waals surface area contributed by atoms with Gasteiger partial charge in [-0.3, -0.25) is 15.0 Å². The number of hydrogen-bond acceptors (Lipinski definition) is 3. The molecule has 0 spiro atoms. The summed E-state index contributed by atoms with van der Waals surface area (Å²) in [6, 6.07) is 21.7. The number of amides is 1. The van der Waals surface area contributed by atoms with E-state index in [1.54, 1.807) is 30.3 Å². The maximum Gasteiger partial charge on any atom is 0.280 e. The quantitative estimate of drug-likeness (QED) is 0.516. The van der Waals surface area contributed by atoms with Gasteiger partial charge in [-0.15, -0.1) is 0 Å². The Morgan fingerprint density at radius 2 is 1.64 bits per heavy atom. The minimum absolute atomic E-state index is 0.328. The van der Waals surface area contributed by atoms with Gasteiger partial charge in [0.1, 0.15) is 0 Å². The SMILES string of the molecule is Cc1ccccc1C(=O)Nn1c(-c2ccc(Br)cc2)nc2ccccc2c1=O. The van der Waals surface area contributed by atoms with Gasteiger partial charge in [-0.2, -0.15) is 4.68 Å². The van der Waals surface area contributed by atoms with Crippen LogP contribution in [0.3, 0.4) is 0 Å². The second-order valence-corrected chi connectivity index (χ2v) is 7.27. The van der Waals surface area contributed by atoms with Crippen LogP contribution in [0.25, 0.3) is 22.3 Å². The Labute approximate surface area is 169 Å². The number of carbonyl (C=O) groups excluding carboxylic acids is 1. The van der Waals surface area contributed by atoms with Crippen molar-refractivity contribution >= 4 is 32.7 Å². The van der Waals surface area contributed by atoms with Gasteiger partial charge in [0.15, 0.2) is 5.82 Å². The zero-order valence-electron chi connectivity index (χ0n) is 15.0. The molecule has 1 amide bonds. The minimum Gasteiger partial charge on any atom is -0.267 e. The van der Waals surface area contributed by atoms with Crippen molar-refractivity contribution in [1.29, 1.82) is 0 Å². The molecule has 0 fully saturated rings. The summed E-state index contributed by atoms with van der Waals surface area (Å²) in [5.74, 6) is 0.00813. The molecule has 0 aliphatic carbocycles. The first kappa shape index (κ1) is 18.1. The van der Waals surface area contributed by atoms with E-state index in [-0.39, 0.29) is 11.5 Å². The van der Waals surface area contributed by atoms with Crippen LogP contribution in [0.1, 0.15) is 15.9 Å². The van der Waals surface area contributed by atoms with Crippen molar-refractivity contribution in [3.05, 3.63) is 98.7 Å². The third-order valence-electron chi connectivity index (χ3n) is 4.48. The number of halogens is 1. The highest BCUT2D eigenvalue weighted by molar-refractivity contribution is 9.10. The Balaban J connectivity index is 1.90. The van der Waals surface area contributed by atoms with Gasteiger partial charge in [-0.25, -0.2) is 4.98 Å². The molecule has 0 aliphatic rings. The predicted molar refractivity (Wildman–Crippen MR) is 114 cm³/mol. The van der Waals surface area contributed by atoms with Gasteiger partial charge in [0.05, 0.1) is 10.9 Å². The van der Waals surface area contributed by atoms with E-state index in [4.69, 9.17) is 0 Å². The molecule has 0 saturated heterocycles. The Morgan fingerprint density at radius 3 is 2.39 bits per heavy atom. The van der Waals surface area contributed by atoms with E-state index in [2.05, 4.69) is 26.3 Å². The Hall–Kier alpha value is -3.25. The van der Waals surface area contributed by atoms with Crippen molar-refractivity contribution in [2.75, 3.05) is 5.43 Å². The molecule has 0 unspecified atom stereocenters. The monoisotopic (exact) mass is 433 g/mol. The van der Waals surface area contributed by atoms with Crippen LogP contribution in [0, 0.1) is 6.92 Å². The summed E-state index contributed by atoms with van der Waals surface area (Å²) in [6.07, 6.45) is 0. The average Bonchev–Trinajstić information content (AvgIpc) is 2.71. The summed E-state index contributed by atoms with van der Waals surface area (Å²) < 4.78 is 2.13. The lowest BCUT2D eigenvalue weighted by Crippen LogP contribution is -2.35. The molecule has 4 rings (SSSR count). The first-order valence-electron chi connectivity index (χ1n) is 8.69. The summed E-state index contributed by atoms with van der Waals surface area (Å²) in [6.45, 7) is 1.85. The molecule has 1 N–H and O–H groups in total. The van der Waals surface area contributed by atoms with Crippen LogP contribution < -0.4 is 11.0 Å². The maximum atomic E-state index is 13.1. The van der Waals surface area contributed by atoms with Crippen LogP contribution in [0.15, 0.2) is 82.1 Å². The molecule has 0 aliphatic heterocycles. The maximum absolute atomic E-state index is 13.1. The fraction of sp³-hybridized carbons (Fsp3) is 0.0455. The fourth-order valence-corrected chi connectivity index (χ4v) is 3.28. The lowest BCUT2D eigenvalue weighted by molar-refractivity contribution is 0.101. The number of rotatable bonds is 3. The van der Waals surface area contributed by atoms with Crippen LogP contribution in [0.2, 0.25) is 0 Å². The zero-order chi connectivity index (χ0) is 19.7. The molecule has 0 bridgehead atoms. The zero-order valence-corrected chi connectivity index (χ0v) is 16.6. The first-order valence-corrected chi connectivity index (χ1v) is 9.48. The van der Waals surface area contributed by atoms with Gasteiger partial charge in [-0.05, 0) is 42.8 Å². The number of benzene rings is 3. The number of nitrogens with zero attached hydrogens (tertiary/aromatic N) is 2. The Bertz CT molecular complexity index is 1250. The molecule has 28 heavy (non-hydrogen) atoms. The summed E-state index contributed by atoms with van der Waals surface area (Å²) in [5, 5.41) is 0.438. The normalized spacial score (nSPS) is 10.8. The highest BCUT2D eigenvalue weighted by Gasteiger charge is 2.16. The predicted octanol–water partition coefficient (Wildman–Crippen LogP) is 4.52. The number of aryl methyl sites for hydroxylation is 1. The number of nitrogens with one attached hydrogen (secondary N) is 1. The summed E-state index contributed by atoms with van der Waals surface area (Å²) >= 11 is 3.41. The Morgan fingerprint density at radius 1 is 0.964 bits per heavy atom. The molecule has 3 aromatic carbocycles. The van der Waals surface area contributed by atoms with Crippen molar-refractivity contribution in [3.8, 4) is 11.4 Å². The number of aromatic nitrogens is 2. The van der Waals surface area contributed by atoms with Gasteiger partial charge in [-0.1, -0.05) is 58.4 Å². The molecule has 0 atom stereocenters. The van der Waals surface area contributed by atoms with E-state index in [9.17, 15) is 9.59 Å². The highest BCUT2D eigenvalue weighted by Crippen LogP contribution is 2.21. The molecule has 138 valence electrons. The van der Waals surface area contributed by atoms with E-state index >= 15 is 0 Å². The van der Waals surface area contributed by atoms with Crippen LogP contribution in [0.4, 0.5) is 0 Å². The van der Waals surface area contributed by atoms with Crippen LogP contribution >= 0.6 is 15.9 Å². The lowest BCUT2D eigenvalue weighted by atomic mass is 10.1. The number of para-hydroxylation sites is 1. The van der Waals surface area contributed by atoms with Crippen LogP contribution in [-0.2, 0) is 0 Å². The molecule has 6 heteroatoms. The molecule has 4 aromatic rings. The van der Waals surface area contributed by atoms with Crippen molar-refractivity contribution < 1.29 is 4.79 Å². The molecular formula is C22H16BrN3O2. The third kappa shape index (κ3) is 3.34. The second-order valence-electron chi connectivity index (χ2n) is 6.36. The number of fused-ring (bicyclic) bond motifs is 1. The third-order valence-corrected chi connectivity index (χ3v) is 5.01. The lowest BCUT2D eigenvalue weighted by Gasteiger charge is -2.15. The van der Waals surface area contributed by atoms with Crippen molar-refractivity contribution in [1.82, 2.24) is 9.66 Å². The van der Waals surface area contributed by atoms with E-state index in [1.807, 2.05) is 49.4 Å². The summed E-state index contributed by atoms with van der Waals surface area (Å²) in [5.41, 5.74) is 5.03. The largest absolute Gasteiger partial charge is 0.280 e. The number of carbonyl (C=O) groups is 1. The van der Waals surface area contributed by atoms with E-state index in [0.29, 0.717) is 22.3 Å². The molecule has 1 aromatic heterocycles. The smallest absolute Gasteiger partial charge is 0.267 e. The highest BCUT2D eigenvalue weighted by atomic mass is 79.9. The standard InChI is InChI=1S/C22H16BrN3O2/c1-14-6-2-3-7-17(14)21(27)25-26-20(15-10-12-16(23)13-11-15)24-19-9-5-4-8-18(19)22(26)28/h2-13H,1H3,(H,25,27). The summed E-state index contributed by atoms with van der Waals surface area (Å²) in [4.78, 5) is 30.6. The fourth-order valence-electron chi connectivity index (χ4n) is 3.02. The Kier molecular flexibility index (Phi) is 4.79. The molecule has 0 radical (unpaired) electrons. The van der Waals surface area contributed by atoms with Crippen molar-refractivity contribution in [2.45, 2.75) is 6.92 Å². The van der Waals surface area contributed by atoms with Crippen molar-refractivity contribution in [3.63, 3.8) is 0 Å². The van der Waals surface area contributed by atoms with Crippen molar-refractivity contribution in [2.24, 2.45) is 0 Å². The van der Waals surface area contributed by atoms with Gasteiger partial charge in [0.25, 0.3) is 11.5 Å². The van der Waals surface area contributed by atoms with Gasteiger partial charge >= 0.3 is 0 Å². The summed E-state index contributed by atoms with van der Waals surface area (Å²) in [7, 11) is 0. The molecular weight excluding hydrogens is 418 g/mol. The molecule has 0 saturated carbocycles. The number of hydrogen-bond donors (Lipinski definition) is 1. The molecule has 1 heterocycles. The van der Waals surface area contributed by atoms with Crippen LogP contribution in [-0.4, -0.2) is 15.6 Å². The second kappa shape index (κ2) is 7.40. The topological polar surface area (TPSA) is 64.0 Å². The minimum atomic E-state index is -0.365. The van der Waals surface area contributed by atoms with Crippen LogP contribution in [0.5, 0.6) is 0 Å². The van der Waals surface area contributed by atoms with E-state index in [1.165, 1.54) is 4.68 Å². The van der Waals surface area contributed by atoms with Gasteiger partial charge < -0.3 is 0 Å². The van der Waals surface area contributed by atoms with Gasteiger partial charge in [0, 0.05) is 15.6 Å². The van der Waals surface area contributed by atoms with E-state index in [0.717, 1.165) is 15.6 Å². The van der Waals surface area contributed by atoms with E-state index < -0.39 is 0 Å².